The van der Waals surface area contributed by atoms with Crippen molar-refractivity contribution in [1.82, 2.24) is 9.80 Å². The number of hydrogen-bond donors (Lipinski definition) is 0. The van der Waals surface area contributed by atoms with Gasteiger partial charge in [0.25, 0.3) is 0 Å². The molecule has 0 saturated carbocycles. The van der Waals surface area contributed by atoms with Crippen LogP contribution in [0, 0.1) is 0 Å². The fourth-order valence-electron chi connectivity index (χ4n) is 3.48. The summed E-state index contributed by atoms with van der Waals surface area (Å²) in [4.78, 5) is 16.5. The number of Topliss-reactive ketones (excluding diaryl/α,β-unsaturated/α-hetero) is 1. The van der Waals surface area contributed by atoms with E-state index in [1.54, 1.807) is 0 Å². The van der Waals surface area contributed by atoms with E-state index in [2.05, 4.69) is 77.4 Å². The van der Waals surface area contributed by atoms with Crippen molar-refractivity contribution in [3.63, 3.8) is 0 Å². The maximum absolute atomic E-state index is 11.5. The lowest BCUT2D eigenvalue weighted by molar-refractivity contribution is -0.121. The number of carbonyl (C=O) groups excluding carboxylic acids is 1. The summed E-state index contributed by atoms with van der Waals surface area (Å²) in [6.07, 6.45) is 1.42. The molecule has 2 aromatic rings. The predicted octanol–water partition coefficient (Wildman–Crippen LogP) is 3.74. The number of ketones is 1. The van der Waals surface area contributed by atoms with Crippen LogP contribution in [-0.2, 0) is 17.9 Å². The molecule has 1 aliphatic heterocycles. The van der Waals surface area contributed by atoms with E-state index in [0.717, 1.165) is 32.7 Å². The molecular weight excluding hydrogens is 308 g/mol. The lowest BCUT2D eigenvalue weighted by Crippen LogP contribution is -2.44. The van der Waals surface area contributed by atoms with Crippen molar-refractivity contribution in [2.45, 2.75) is 38.9 Å². The number of piperidine rings is 1. The Kier molecular flexibility index (Phi) is 6.37. The first-order valence-electron chi connectivity index (χ1n) is 9.26. The third-order valence-electron chi connectivity index (χ3n) is 5.02. The van der Waals surface area contributed by atoms with Gasteiger partial charge in [0.15, 0.2) is 0 Å². The highest BCUT2D eigenvalue weighted by Gasteiger charge is 2.21. The fourth-order valence-corrected chi connectivity index (χ4v) is 3.48. The predicted molar refractivity (Wildman–Crippen MR) is 102 cm³/mol. The number of rotatable bonds is 7. The summed E-state index contributed by atoms with van der Waals surface area (Å²) in [7, 11) is 0. The standard InChI is InChI=1S/C22H28N2O/c1-19(16-23-14-12-22(25)13-15-23)24(17-20-8-4-2-5-9-20)18-21-10-6-3-7-11-21/h2-11,19H,12-18H2,1H3/t19-/m0/s1. The Morgan fingerprint density at radius 1 is 0.880 bits per heavy atom. The van der Waals surface area contributed by atoms with Crippen LogP contribution < -0.4 is 0 Å². The number of hydrogen-bond acceptors (Lipinski definition) is 3. The second-order valence-electron chi connectivity index (χ2n) is 7.06. The Balaban J connectivity index is 1.67. The molecule has 3 rings (SSSR count). The maximum Gasteiger partial charge on any atom is 0.135 e. The molecule has 0 spiro atoms. The van der Waals surface area contributed by atoms with Gasteiger partial charge in [-0.05, 0) is 18.1 Å². The molecule has 0 aromatic heterocycles. The minimum Gasteiger partial charge on any atom is -0.301 e. The number of likely N-dealkylation sites (tertiary alicyclic amines) is 1. The molecule has 3 heteroatoms. The zero-order valence-corrected chi connectivity index (χ0v) is 15.1. The van der Waals surface area contributed by atoms with Crippen molar-refractivity contribution in [1.29, 1.82) is 0 Å². The van der Waals surface area contributed by atoms with E-state index in [-0.39, 0.29) is 0 Å². The zero-order valence-electron chi connectivity index (χ0n) is 15.1. The van der Waals surface area contributed by atoms with Crippen molar-refractivity contribution in [2.75, 3.05) is 19.6 Å². The molecule has 1 atom stereocenters. The van der Waals surface area contributed by atoms with Gasteiger partial charge < -0.3 is 4.90 Å². The van der Waals surface area contributed by atoms with E-state index in [0.29, 0.717) is 24.7 Å². The molecule has 3 nitrogen and oxygen atoms in total. The molecule has 0 bridgehead atoms. The second kappa shape index (κ2) is 8.93. The van der Waals surface area contributed by atoms with Gasteiger partial charge in [0.1, 0.15) is 5.78 Å². The minimum atomic E-state index is 0.411. The fraction of sp³-hybridized carbons (Fsp3) is 0.409. The summed E-state index contributed by atoms with van der Waals surface area (Å²) >= 11 is 0. The monoisotopic (exact) mass is 336 g/mol. The van der Waals surface area contributed by atoms with Crippen molar-refractivity contribution in [3.05, 3.63) is 71.8 Å². The lowest BCUT2D eigenvalue weighted by Gasteiger charge is -2.35. The summed E-state index contributed by atoms with van der Waals surface area (Å²) in [5.41, 5.74) is 2.69. The molecule has 132 valence electrons. The number of carbonyl (C=O) groups is 1. The first-order chi connectivity index (χ1) is 12.2. The second-order valence-corrected chi connectivity index (χ2v) is 7.06. The van der Waals surface area contributed by atoms with Crippen LogP contribution in [-0.4, -0.2) is 41.3 Å². The Morgan fingerprint density at radius 2 is 1.36 bits per heavy atom. The maximum atomic E-state index is 11.5. The summed E-state index contributed by atoms with van der Waals surface area (Å²) < 4.78 is 0. The summed E-state index contributed by atoms with van der Waals surface area (Å²) in [5.74, 6) is 0.411. The molecule has 1 heterocycles. The topological polar surface area (TPSA) is 23.6 Å². The van der Waals surface area contributed by atoms with Crippen molar-refractivity contribution in [2.24, 2.45) is 0 Å². The summed E-state index contributed by atoms with van der Waals surface area (Å²) in [6.45, 7) is 7.05. The van der Waals surface area contributed by atoms with Gasteiger partial charge >= 0.3 is 0 Å². The zero-order chi connectivity index (χ0) is 17.5. The normalized spacial score (nSPS) is 17.0. The highest BCUT2D eigenvalue weighted by Crippen LogP contribution is 2.16. The van der Waals surface area contributed by atoms with Crippen LogP contribution >= 0.6 is 0 Å². The number of benzene rings is 2. The van der Waals surface area contributed by atoms with E-state index < -0.39 is 0 Å². The SMILES string of the molecule is C[C@@H](CN1CCC(=O)CC1)N(Cc1ccccc1)Cc1ccccc1. The Morgan fingerprint density at radius 3 is 1.84 bits per heavy atom. The highest BCUT2D eigenvalue weighted by atomic mass is 16.1. The molecule has 0 radical (unpaired) electrons. The van der Waals surface area contributed by atoms with Gasteiger partial charge in [-0.3, -0.25) is 9.69 Å². The first kappa shape index (κ1) is 17.8. The molecule has 1 aliphatic rings. The lowest BCUT2D eigenvalue weighted by atomic mass is 10.1. The molecule has 25 heavy (non-hydrogen) atoms. The summed E-state index contributed by atoms with van der Waals surface area (Å²) in [5, 5.41) is 0. The van der Waals surface area contributed by atoms with Crippen LogP contribution in [0.5, 0.6) is 0 Å². The quantitative estimate of drug-likeness (QED) is 0.769. The minimum absolute atomic E-state index is 0.411. The van der Waals surface area contributed by atoms with Gasteiger partial charge in [-0.15, -0.1) is 0 Å². The van der Waals surface area contributed by atoms with Crippen molar-refractivity contribution < 1.29 is 4.79 Å². The molecule has 0 aliphatic carbocycles. The summed E-state index contributed by atoms with van der Waals surface area (Å²) in [6, 6.07) is 21.8. The van der Waals surface area contributed by atoms with E-state index in [4.69, 9.17) is 0 Å². The van der Waals surface area contributed by atoms with Crippen LogP contribution in [0.2, 0.25) is 0 Å². The van der Waals surface area contributed by atoms with Gasteiger partial charge in [-0.25, -0.2) is 0 Å². The Labute approximate surface area is 151 Å². The van der Waals surface area contributed by atoms with Crippen LogP contribution in [0.15, 0.2) is 60.7 Å². The van der Waals surface area contributed by atoms with Crippen LogP contribution in [0.1, 0.15) is 30.9 Å². The van der Waals surface area contributed by atoms with Gasteiger partial charge in [0.05, 0.1) is 0 Å². The van der Waals surface area contributed by atoms with Crippen molar-refractivity contribution >= 4 is 5.78 Å². The molecule has 0 amide bonds. The van der Waals surface area contributed by atoms with Gasteiger partial charge in [0, 0.05) is 51.6 Å². The van der Waals surface area contributed by atoms with Gasteiger partial charge in [-0.2, -0.15) is 0 Å². The molecule has 2 aromatic carbocycles. The highest BCUT2D eigenvalue weighted by molar-refractivity contribution is 5.79. The van der Waals surface area contributed by atoms with Crippen molar-refractivity contribution in [3.8, 4) is 0 Å². The third kappa shape index (κ3) is 5.52. The average Bonchev–Trinajstić information content (AvgIpc) is 2.65. The van der Waals surface area contributed by atoms with Gasteiger partial charge in [0.2, 0.25) is 0 Å². The Hall–Kier alpha value is -1.97. The Bertz CT molecular complexity index is 605. The molecule has 0 unspecified atom stereocenters. The molecular formula is C22H28N2O. The number of nitrogens with zero attached hydrogens (tertiary/aromatic N) is 2. The molecule has 1 fully saturated rings. The van der Waals surface area contributed by atoms with Crippen LogP contribution in [0.25, 0.3) is 0 Å². The van der Waals surface area contributed by atoms with E-state index in [1.807, 2.05) is 0 Å². The smallest absolute Gasteiger partial charge is 0.135 e. The van der Waals surface area contributed by atoms with E-state index in [9.17, 15) is 4.79 Å². The first-order valence-corrected chi connectivity index (χ1v) is 9.26. The van der Waals surface area contributed by atoms with E-state index in [1.165, 1.54) is 11.1 Å². The van der Waals surface area contributed by atoms with E-state index >= 15 is 0 Å². The largest absolute Gasteiger partial charge is 0.301 e. The van der Waals surface area contributed by atoms with Gasteiger partial charge in [-0.1, -0.05) is 60.7 Å². The molecule has 1 saturated heterocycles. The third-order valence-corrected chi connectivity index (χ3v) is 5.02. The molecule has 0 N–H and O–H groups in total. The average molecular weight is 336 g/mol. The van der Waals surface area contributed by atoms with Crippen LogP contribution in [0.3, 0.4) is 0 Å². The van der Waals surface area contributed by atoms with Crippen LogP contribution in [0.4, 0.5) is 0 Å².